The summed E-state index contributed by atoms with van der Waals surface area (Å²) in [7, 11) is 6.49. The highest BCUT2D eigenvalue weighted by Gasteiger charge is 2.29. The number of fused-ring (bicyclic) bond motifs is 2. The van der Waals surface area contributed by atoms with Crippen LogP contribution in [0.5, 0.6) is 0 Å². The first-order valence-electron chi connectivity index (χ1n) is 11.2. The molecule has 2 aromatic rings. The average Bonchev–Trinajstić information content (AvgIpc) is 2.95. The van der Waals surface area contributed by atoms with E-state index in [-0.39, 0.29) is 12.8 Å². The van der Waals surface area contributed by atoms with Gasteiger partial charge in [-0.05, 0) is 48.9 Å². The van der Waals surface area contributed by atoms with Crippen molar-refractivity contribution >= 4 is 29.4 Å². The number of carboxylic acid groups (broad SMARTS) is 2. The third kappa shape index (κ3) is 6.96. The van der Waals surface area contributed by atoms with Gasteiger partial charge in [0, 0.05) is 61.8 Å². The molecule has 0 saturated carbocycles. The summed E-state index contributed by atoms with van der Waals surface area (Å²) in [4.78, 5) is 29.5. The maximum atomic E-state index is 9.64. The van der Waals surface area contributed by atoms with Gasteiger partial charge in [0.1, 0.15) is 0 Å². The van der Waals surface area contributed by atoms with Crippen molar-refractivity contribution in [3.05, 3.63) is 53.6 Å². The lowest BCUT2D eigenvalue weighted by molar-refractivity contribution is -0.143. The minimum Gasteiger partial charge on any atom is -0.481 e. The first-order valence-corrected chi connectivity index (χ1v) is 12.0. The molecule has 2 aromatic carbocycles. The van der Waals surface area contributed by atoms with E-state index in [0.29, 0.717) is 6.04 Å². The predicted molar refractivity (Wildman–Crippen MR) is 131 cm³/mol. The van der Waals surface area contributed by atoms with Crippen LogP contribution in [0.15, 0.2) is 52.3 Å². The summed E-state index contributed by atoms with van der Waals surface area (Å²) in [6, 6.07) is 16.4. The van der Waals surface area contributed by atoms with Crippen LogP contribution in [-0.4, -0.2) is 79.3 Å². The number of nitrogens with zero attached hydrogens (tertiary/aromatic N) is 3. The van der Waals surface area contributed by atoms with E-state index >= 15 is 0 Å². The van der Waals surface area contributed by atoms with Gasteiger partial charge in [0.25, 0.3) is 0 Å². The van der Waals surface area contributed by atoms with E-state index < -0.39 is 11.9 Å². The van der Waals surface area contributed by atoms with Crippen molar-refractivity contribution < 1.29 is 19.8 Å². The van der Waals surface area contributed by atoms with E-state index in [2.05, 4.69) is 78.3 Å². The Balaban J connectivity index is 0.000000331. The van der Waals surface area contributed by atoms with Crippen LogP contribution >= 0.6 is 11.8 Å². The minimum absolute atomic E-state index is 0.296. The van der Waals surface area contributed by atoms with E-state index in [9.17, 15) is 9.59 Å². The number of carboxylic acids is 2. The van der Waals surface area contributed by atoms with Gasteiger partial charge in [0.2, 0.25) is 0 Å². The lowest BCUT2D eigenvalue weighted by Gasteiger charge is -2.38. The molecule has 2 heterocycles. The van der Waals surface area contributed by atoms with Crippen molar-refractivity contribution in [2.45, 2.75) is 35.1 Å². The zero-order valence-electron chi connectivity index (χ0n) is 19.5. The molecule has 1 unspecified atom stereocenters. The minimum atomic E-state index is -1.08. The Morgan fingerprint density at radius 3 is 2.21 bits per heavy atom. The summed E-state index contributed by atoms with van der Waals surface area (Å²) in [6.45, 7) is 4.63. The smallest absolute Gasteiger partial charge is 0.303 e. The fourth-order valence-electron chi connectivity index (χ4n) is 4.05. The van der Waals surface area contributed by atoms with E-state index in [1.807, 2.05) is 11.8 Å². The van der Waals surface area contributed by atoms with E-state index in [0.717, 1.165) is 32.6 Å². The van der Waals surface area contributed by atoms with Gasteiger partial charge in [-0.2, -0.15) is 0 Å². The molecule has 0 bridgehead atoms. The first kappa shape index (κ1) is 25.1. The summed E-state index contributed by atoms with van der Waals surface area (Å²) in [5.41, 5.74) is 4.28. The monoisotopic (exact) mass is 471 g/mol. The summed E-state index contributed by atoms with van der Waals surface area (Å²) in [6.07, 6.45) is 0.515. The molecule has 1 saturated heterocycles. The van der Waals surface area contributed by atoms with Crippen molar-refractivity contribution in [1.29, 1.82) is 0 Å². The van der Waals surface area contributed by atoms with Crippen molar-refractivity contribution in [2.75, 3.05) is 52.2 Å². The number of hydrogen-bond acceptors (Lipinski definition) is 6. The maximum absolute atomic E-state index is 9.64. The fourth-order valence-corrected chi connectivity index (χ4v) is 5.16. The zero-order valence-corrected chi connectivity index (χ0v) is 20.3. The molecule has 4 rings (SSSR count). The number of carbonyl (C=O) groups is 2. The Kier molecular flexibility index (Phi) is 8.77. The largest absolute Gasteiger partial charge is 0.481 e. The van der Waals surface area contributed by atoms with Crippen molar-refractivity contribution in [3.8, 4) is 0 Å². The van der Waals surface area contributed by atoms with E-state index in [4.69, 9.17) is 10.2 Å². The van der Waals surface area contributed by atoms with Crippen LogP contribution < -0.4 is 4.90 Å². The van der Waals surface area contributed by atoms with Gasteiger partial charge in [-0.15, -0.1) is 0 Å². The zero-order chi connectivity index (χ0) is 24.0. The SMILES string of the molecule is CN1CCN(C2Cc3ccccc3Sc3ccc(N(C)C)cc32)CC1.O=C(O)CCC(=O)O. The quantitative estimate of drug-likeness (QED) is 0.683. The summed E-state index contributed by atoms with van der Waals surface area (Å²) in [5.74, 6) is -2.15. The Bertz CT molecular complexity index is 960. The van der Waals surface area contributed by atoms with E-state index in [1.165, 1.54) is 26.6 Å². The Morgan fingerprint density at radius 1 is 0.970 bits per heavy atom. The Hall–Kier alpha value is -2.55. The summed E-state index contributed by atoms with van der Waals surface area (Å²) in [5, 5.41) is 15.8. The normalized spacial score (nSPS) is 18.2. The van der Waals surface area contributed by atoms with Crippen LogP contribution in [-0.2, 0) is 16.0 Å². The Morgan fingerprint density at radius 2 is 1.61 bits per heavy atom. The van der Waals surface area contributed by atoms with Gasteiger partial charge in [0.15, 0.2) is 0 Å². The molecule has 2 aliphatic heterocycles. The molecule has 0 radical (unpaired) electrons. The second kappa shape index (κ2) is 11.5. The standard InChI is InChI=1S/C21H27N3S.C4H6O4/c1-22(2)17-8-9-21-18(15-17)19(24-12-10-23(3)11-13-24)14-16-6-4-5-7-20(16)25-21;5-3(6)1-2-4(7)8/h4-9,15,19H,10-14H2,1-3H3;1-2H2,(H,5,6)(H,7,8). The van der Waals surface area contributed by atoms with E-state index in [1.54, 1.807) is 0 Å². The predicted octanol–water partition coefficient (Wildman–Crippen LogP) is 3.68. The molecule has 1 atom stereocenters. The molecule has 0 aliphatic carbocycles. The topological polar surface area (TPSA) is 84.3 Å². The van der Waals surface area contributed by atoms with Crippen LogP contribution in [0.1, 0.15) is 30.0 Å². The highest BCUT2D eigenvalue weighted by atomic mass is 32.2. The average molecular weight is 472 g/mol. The van der Waals surface area contributed by atoms with Crippen molar-refractivity contribution in [3.63, 3.8) is 0 Å². The number of hydrogen-bond donors (Lipinski definition) is 2. The van der Waals surface area contributed by atoms with Crippen LogP contribution in [0, 0.1) is 0 Å². The molecule has 2 aliphatic rings. The molecule has 33 heavy (non-hydrogen) atoms. The second-order valence-electron chi connectivity index (χ2n) is 8.67. The third-order valence-corrected chi connectivity index (χ3v) is 7.22. The molecule has 2 N–H and O–H groups in total. The third-order valence-electron chi connectivity index (χ3n) is 6.01. The van der Waals surface area contributed by atoms with Gasteiger partial charge >= 0.3 is 11.9 Å². The highest BCUT2D eigenvalue weighted by molar-refractivity contribution is 7.99. The molecular weight excluding hydrogens is 438 g/mol. The Labute approximate surface area is 200 Å². The lowest BCUT2D eigenvalue weighted by Crippen LogP contribution is -2.46. The van der Waals surface area contributed by atoms with Gasteiger partial charge in [-0.3, -0.25) is 14.5 Å². The lowest BCUT2D eigenvalue weighted by atomic mass is 9.96. The number of benzene rings is 2. The maximum Gasteiger partial charge on any atom is 0.303 e. The number of aliphatic carboxylic acids is 2. The van der Waals surface area contributed by atoms with Gasteiger partial charge in [-0.25, -0.2) is 0 Å². The van der Waals surface area contributed by atoms with Gasteiger partial charge < -0.3 is 20.0 Å². The fraction of sp³-hybridized carbons (Fsp3) is 0.440. The van der Waals surface area contributed by atoms with Gasteiger partial charge in [0.05, 0.1) is 12.8 Å². The van der Waals surface area contributed by atoms with Crippen LogP contribution in [0.25, 0.3) is 0 Å². The number of rotatable bonds is 5. The number of likely N-dealkylation sites (N-methyl/N-ethyl adjacent to an activating group) is 1. The van der Waals surface area contributed by atoms with Crippen molar-refractivity contribution in [1.82, 2.24) is 9.80 Å². The first-order chi connectivity index (χ1) is 15.7. The number of piperazine rings is 1. The second-order valence-corrected chi connectivity index (χ2v) is 9.76. The van der Waals surface area contributed by atoms with Crippen LogP contribution in [0.4, 0.5) is 5.69 Å². The molecular formula is C25H33N3O4S. The molecule has 0 aromatic heterocycles. The molecule has 0 amide bonds. The van der Waals surface area contributed by atoms with Crippen molar-refractivity contribution in [2.24, 2.45) is 0 Å². The number of anilines is 1. The van der Waals surface area contributed by atoms with Gasteiger partial charge in [-0.1, -0.05) is 30.0 Å². The molecule has 0 spiro atoms. The molecule has 7 nitrogen and oxygen atoms in total. The molecule has 1 fully saturated rings. The van der Waals surface area contributed by atoms with Crippen LogP contribution in [0.2, 0.25) is 0 Å². The summed E-state index contributed by atoms with van der Waals surface area (Å²) >= 11 is 1.94. The molecule has 178 valence electrons. The highest BCUT2D eigenvalue weighted by Crippen LogP contribution is 2.44. The molecule has 8 heteroatoms. The summed E-state index contributed by atoms with van der Waals surface area (Å²) < 4.78 is 0. The van der Waals surface area contributed by atoms with Crippen LogP contribution in [0.3, 0.4) is 0 Å².